The van der Waals surface area contributed by atoms with Crippen LogP contribution in [0, 0.1) is 6.92 Å². The molecule has 0 aliphatic rings. The van der Waals surface area contributed by atoms with Crippen LogP contribution in [0.15, 0.2) is 24.3 Å². The van der Waals surface area contributed by atoms with Gasteiger partial charge >= 0.3 is 11.9 Å². The van der Waals surface area contributed by atoms with Crippen molar-refractivity contribution >= 4 is 11.9 Å². The summed E-state index contributed by atoms with van der Waals surface area (Å²) in [6.07, 6.45) is 4.18. The van der Waals surface area contributed by atoms with E-state index >= 15 is 0 Å². The van der Waals surface area contributed by atoms with Crippen LogP contribution < -0.4 is 4.74 Å². The van der Waals surface area contributed by atoms with E-state index in [0.717, 1.165) is 31.2 Å². The average Bonchev–Trinajstić information content (AvgIpc) is 2.47. The first-order valence-electron chi connectivity index (χ1n) is 7.62. The van der Waals surface area contributed by atoms with Crippen LogP contribution in [-0.2, 0) is 19.1 Å². The highest BCUT2D eigenvalue weighted by molar-refractivity contribution is 5.75. The molecule has 0 saturated carbocycles. The molecule has 0 amide bonds. The van der Waals surface area contributed by atoms with Gasteiger partial charge in [-0.3, -0.25) is 0 Å². The fourth-order valence-corrected chi connectivity index (χ4v) is 1.81. The molecule has 122 valence electrons. The molecule has 0 saturated heterocycles. The first kappa shape index (κ1) is 18.2. The molecular formula is C17H24O5. The number of aryl methyl sites for hydroxylation is 1. The highest BCUT2D eigenvalue weighted by atomic mass is 16.6. The van der Waals surface area contributed by atoms with Crippen LogP contribution in [0.25, 0.3) is 0 Å². The zero-order valence-corrected chi connectivity index (χ0v) is 13.3. The van der Waals surface area contributed by atoms with E-state index in [4.69, 9.17) is 14.2 Å². The minimum atomic E-state index is -0.540. The molecule has 0 atom stereocenters. The largest absolute Gasteiger partial charge is 0.464 e. The van der Waals surface area contributed by atoms with E-state index in [1.165, 1.54) is 0 Å². The summed E-state index contributed by atoms with van der Waals surface area (Å²) in [5.74, 6) is -0.534. The SMILES string of the molecule is CCCCCCOC(=O)COCC(=O)Oc1cccc(C)c1. The molecule has 22 heavy (non-hydrogen) atoms. The zero-order chi connectivity index (χ0) is 16.2. The van der Waals surface area contributed by atoms with E-state index in [-0.39, 0.29) is 13.2 Å². The van der Waals surface area contributed by atoms with Crippen molar-refractivity contribution in [3.05, 3.63) is 29.8 Å². The molecule has 5 heteroatoms. The van der Waals surface area contributed by atoms with Gasteiger partial charge in [-0.25, -0.2) is 9.59 Å². The number of hydrogen-bond acceptors (Lipinski definition) is 5. The third kappa shape index (κ3) is 8.42. The predicted octanol–water partition coefficient (Wildman–Crippen LogP) is 3.04. The predicted molar refractivity (Wildman–Crippen MR) is 82.7 cm³/mol. The van der Waals surface area contributed by atoms with Gasteiger partial charge in [-0.2, -0.15) is 0 Å². The van der Waals surface area contributed by atoms with Gasteiger partial charge < -0.3 is 14.2 Å². The minimum Gasteiger partial charge on any atom is -0.464 e. The first-order chi connectivity index (χ1) is 10.6. The van der Waals surface area contributed by atoms with Crippen molar-refractivity contribution in [1.82, 2.24) is 0 Å². The quantitative estimate of drug-likeness (QED) is 0.378. The van der Waals surface area contributed by atoms with E-state index in [1.807, 2.05) is 13.0 Å². The van der Waals surface area contributed by atoms with E-state index in [1.54, 1.807) is 18.2 Å². The van der Waals surface area contributed by atoms with Gasteiger partial charge in [-0.05, 0) is 31.0 Å². The Hall–Kier alpha value is -1.88. The summed E-state index contributed by atoms with van der Waals surface area (Å²) in [6.45, 7) is 3.91. The Morgan fingerprint density at radius 2 is 1.82 bits per heavy atom. The van der Waals surface area contributed by atoms with Gasteiger partial charge in [0.05, 0.1) is 6.61 Å². The Bertz CT molecular complexity index is 470. The molecule has 0 radical (unpaired) electrons. The van der Waals surface area contributed by atoms with Crippen LogP contribution in [0.1, 0.15) is 38.2 Å². The van der Waals surface area contributed by atoms with Gasteiger partial charge in [-0.15, -0.1) is 0 Å². The molecule has 0 aromatic heterocycles. The van der Waals surface area contributed by atoms with Gasteiger partial charge in [0.1, 0.15) is 19.0 Å². The smallest absolute Gasteiger partial charge is 0.337 e. The van der Waals surface area contributed by atoms with Crippen LogP contribution in [0.5, 0.6) is 5.75 Å². The van der Waals surface area contributed by atoms with Crippen LogP contribution >= 0.6 is 0 Å². The normalized spacial score (nSPS) is 10.3. The molecule has 5 nitrogen and oxygen atoms in total. The molecule has 0 bridgehead atoms. The molecule has 0 unspecified atom stereocenters. The van der Waals surface area contributed by atoms with E-state index in [9.17, 15) is 9.59 Å². The maximum absolute atomic E-state index is 11.5. The van der Waals surface area contributed by atoms with Crippen LogP contribution in [0.3, 0.4) is 0 Å². The van der Waals surface area contributed by atoms with E-state index < -0.39 is 11.9 Å². The fraction of sp³-hybridized carbons (Fsp3) is 0.529. The average molecular weight is 308 g/mol. The summed E-state index contributed by atoms with van der Waals surface area (Å²) in [6, 6.07) is 7.15. The Kier molecular flexibility index (Phi) is 8.91. The third-order valence-electron chi connectivity index (χ3n) is 2.92. The second-order valence-electron chi connectivity index (χ2n) is 5.06. The maximum Gasteiger partial charge on any atom is 0.337 e. The monoisotopic (exact) mass is 308 g/mol. The third-order valence-corrected chi connectivity index (χ3v) is 2.92. The Morgan fingerprint density at radius 1 is 1.05 bits per heavy atom. The number of carbonyl (C=O) groups is 2. The Labute approximate surface area is 131 Å². The summed E-state index contributed by atoms with van der Waals surface area (Å²) in [5, 5.41) is 0. The summed E-state index contributed by atoms with van der Waals surface area (Å²) < 4.78 is 15.1. The lowest BCUT2D eigenvalue weighted by Gasteiger charge is -2.07. The van der Waals surface area contributed by atoms with Crippen molar-refractivity contribution in [2.45, 2.75) is 39.5 Å². The number of benzene rings is 1. The summed E-state index contributed by atoms with van der Waals surface area (Å²) in [5.41, 5.74) is 0.998. The first-order valence-corrected chi connectivity index (χ1v) is 7.62. The zero-order valence-electron chi connectivity index (χ0n) is 13.3. The van der Waals surface area contributed by atoms with Crippen molar-refractivity contribution in [2.24, 2.45) is 0 Å². The minimum absolute atomic E-state index is 0.239. The second-order valence-corrected chi connectivity index (χ2v) is 5.06. The van der Waals surface area contributed by atoms with E-state index in [0.29, 0.717) is 12.4 Å². The maximum atomic E-state index is 11.5. The lowest BCUT2D eigenvalue weighted by Crippen LogP contribution is -2.20. The second kappa shape index (κ2) is 10.8. The summed E-state index contributed by atoms with van der Waals surface area (Å²) in [4.78, 5) is 22.9. The molecule has 0 fully saturated rings. The number of rotatable bonds is 10. The van der Waals surface area contributed by atoms with Gasteiger partial charge in [0.15, 0.2) is 0 Å². The molecule has 0 aliphatic carbocycles. The lowest BCUT2D eigenvalue weighted by atomic mass is 10.2. The van der Waals surface area contributed by atoms with Gasteiger partial charge in [0, 0.05) is 0 Å². The molecule has 0 spiro atoms. The van der Waals surface area contributed by atoms with Crippen LogP contribution in [0.4, 0.5) is 0 Å². The van der Waals surface area contributed by atoms with Crippen molar-refractivity contribution in [3.63, 3.8) is 0 Å². The number of esters is 2. The number of unbranched alkanes of at least 4 members (excludes halogenated alkanes) is 3. The number of hydrogen-bond donors (Lipinski definition) is 0. The molecule has 0 N–H and O–H groups in total. The topological polar surface area (TPSA) is 61.8 Å². The van der Waals surface area contributed by atoms with Crippen molar-refractivity contribution in [3.8, 4) is 5.75 Å². The van der Waals surface area contributed by atoms with Gasteiger partial charge in [-0.1, -0.05) is 38.3 Å². The number of carbonyl (C=O) groups excluding carboxylic acids is 2. The fourth-order valence-electron chi connectivity index (χ4n) is 1.81. The van der Waals surface area contributed by atoms with E-state index in [2.05, 4.69) is 6.92 Å². The molecule has 1 rings (SSSR count). The van der Waals surface area contributed by atoms with Crippen LogP contribution in [-0.4, -0.2) is 31.8 Å². The highest BCUT2D eigenvalue weighted by Crippen LogP contribution is 2.12. The molecular weight excluding hydrogens is 284 g/mol. The molecule has 0 aliphatic heterocycles. The number of ether oxygens (including phenoxy) is 3. The van der Waals surface area contributed by atoms with Crippen molar-refractivity contribution in [2.75, 3.05) is 19.8 Å². The summed E-state index contributed by atoms with van der Waals surface area (Å²) >= 11 is 0. The van der Waals surface area contributed by atoms with Crippen molar-refractivity contribution in [1.29, 1.82) is 0 Å². The standard InChI is InChI=1S/C17H24O5/c1-3-4-5-6-10-21-16(18)12-20-13-17(19)22-15-9-7-8-14(2)11-15/h7-9,11H,3-6,10,12-13H2,1-2H3. The highest BCUT2D eigenvalue weighted by Gasteiger charge is 2.08. The Balaban J connectivity index is 2.10. The lowest BCUT2D eigenvalue weighted by molar-refractivity contribution is -0.152. The van der Waals surface area contributed by atoms with Crippen LogP contribution in [0.2, 0.25) is 0 Å². The molecule has 1 aromatic carbocycles. The summed E-state index contributed by atoms with van der Waals surface area (Å²) in [7, 11) is 0. The Morgan fingerprint density at radius 3 is 2.55 bits per heavy atom. The molecule has 1 aromatic rings. The van der Waals surface area contributed by atoms with Gasteiger partial charge in [0.2, 0.25) is 0 Å². The van der Waals surface area contributed by atoms with Gasteiger partial charge in [0.25, 0.3) is 0 Å². The molecule has 0 heterocycles. The van der Waals surface area contributed by atoms with Crippen molar-refractivity contribution < 1.29 is 23.8 Å².